The van der Waals surface area contributed by atoms with Gasteiger partial charge in [-0.3, -0.25) is 0 Å². The van der Waals surface area contributed by atoms with E-state index < -0.39 is 17.2 Å². The number of aromatic nitrogens is 2. The molecule has 9 rings (SSSR count). The Bertz CT molecular complexity index is 2040. The molecule has 3 N–H and O–H groups in total. The molecule has 50 heavy (non-hydrogen) atoms. The molecule has 5 aliphatic rings. The minimum absolute atomic E-state index is 0.0127. The molecule has 2 unspecified atom stereocenters. The van der Waals surface area contributed by atoms with Gasteiger partial charge in [0, 0.05) is 53.5 Å². The van der Waals surface area contributed by atoms with Gasteiger partial charge in [0.1, 0.15) is 22.9 Å². The van der Waals surface area contributed by atoms with Gasteiger partial charge in [-0.15, -0.1) is 6.42 Å². The first-order chi connectivity index (χ1) is 24.0. The smallest absolute Gasteiger partial charge is 0.319 e. The molecule has 5 fully saturated rings. The van der Waals surface area contributed by atoms with Crippen molar-refractivity contribution in [1.29, 1.82) is 0 Å². The Kier molecular flexibility index (Phi) is 7.33. The fraction of sp³-hybridized carbons (Fsp3) is 0.500. The zero-order valence-electron chi connectivity index (χ0n) is 28.4. The summed E-state index contributed by atoms with van der Waals surface area (Å²) in [4.78, 5) is 14.4. The topological polar surface area (TPSA) is 94.0 Å². The molecule has 10 heteroatoms. The van der Waals surface area contributed by atoms with Crippen molar-refractivity contribution < 1.29 is 23.7 Å². The Morgan fingerprint density at radius 3 is 2.42 bits per heavy atom. The predicted octanol–water partition coefficient (Wildman–Crippen LogP) is 6.14. The third-order valence-corrected chi connectivity index (χ3v) is 12.2. The summed E-state index contributed by atoms with van der Waals surface area (Å²) in [7, 11) is 0. The molecule has 3 saturated heterocycles. The number of likely N-dealkylation sites (tertiary alicyclic amines) is 1. The maximum absolute atomic E-state index is 17.0. The number of fused-ring (bicyclic) bond motifs is 4. The summed E-state index contributed by atoms with van der Waals surface area (Å²) in [6.07, 6.45) is 14.1. The van der Waals surface area contributed by atoms with Crippen molar-refractivity contribution in [1.82, 2.24) is 20.2 Å². The summed E-state index contributed by atoms with van der Waals surface area (Å²) < 4.78 is 38.3. The van der Waals surface area contributed by atoms with Crippen LogP contribution in [0.4, 0.5) is 14.6 Å². The van der Waals surface area contributed by atoms with Crippen LogP contribution in [0.2, 0.25) is 0 Å². The molecule has 4 heterocycles. The van der Waals surface area contributed by atoms with Gasteiger partial charge in [-0.25, -0.2) is 8.78 Å². The second-order valence-corrected chi connectivity index (χ2v) is 16.3. The van der Waals surface area contributed by atoms with Crippen LogP contribution in [-0.4, -0.2) is 82.1 Å². The highest BCUT2D eigenvalue weighted by atomic mass is 19.1. The third kappa shape index (κ3) is 5.55. The lowest BCUT2D eigenvalue weighted by Crippen LogP contribution is -2.55. The van der Waals surface area contributed by atoms with Gasteiger partial charge in [0.2, 0.25) is 0 Å². The number of ether oxygens (including phenoxy) is 1. The van der Waals surface area contributed by atoms with Gasteiger partial charge in [-0.2, -0.15) is 9.97 Å². The first-order valence-electron chi connectivity index (χ1n) is 18.0. The Balaban J connectivity index is 1.05. The first-order valence-corrected chi connectivity index (χ1v) is 18.0. The van der Waals surface area contributed by atoms with Gasteiger partial charge in [0.25, 0.3) is 0 Å². The number of piperazine rings is 1. The summed E-state index contributed by atoms with van der Waals surface area (Å²) in [6, 6.07) is 10.00. The minimum atomic E-state index is -0.605. The van der Waals surface area contributed by atoms with E-state index in [0.29, 0.717) is 51.6 Å². The fourth-order valence-electron chi connectivity index (χ4n) is 9.71. The van der Waals surface area contributed by atoms with Gasteiger partial charge in [-0.05, 0) is 112 Å². The monoisotopic (exact) mass is 679 g/mol. The fourth-order valence-corrected chi connectivity index (χ4v) is 9.71. The van der Waals surface area contributed by atoms with Crippen LogP contribution in [0.15, 0.2) is 36.4 Å². The van der Waals surface area contributed by atoms with Crippen molar-refractivity contribution in [2.75, 3.05) is 44.2 Å². The standard InChI is InChI=1S/C40H43F2N5O3/c1-3-28-32(41)9-4-24-16-27(48)17-31(33(24)28)29-7-8-30-35(34(29)42)44-37(45-36(30)47-18-25-5-6-26(19-47)43-25)50-23-40(10-11-40)22-46-14-12-39(13-15-46)20-38(2,49)21-39/h1,4,7-9,16-17,25-26,43,48-49H,5-6,10-15,18-23H2,2H3. The maximum atomic E-state index is 17.0. The van der Waals surface area contributed by atoms with Crippen LogP contribution in [0.25, 0.3) is 32.8 Å². The van der Waals surface area contributed by atoms with Crippen LogP contribution in [-0.2, 0) is 0 Å². The van der Waals surface area contributed by atoms with E-state index in [2.05, 4.69) is 21.0 Å². The molecule has 1 aromatic heterocycles. The van der Waals surface area contributed by atoms with Gasteiger partial charge in [0.05, 0.1) is 17.8 Å². The number of aliphatic hydroxyl groups is 1. The Morgan fingerprint density at radius 1 is 1.00 bits per heavy atom. The number of phenolic OH excluding ortho intramolecular Hbond substituents is 1. The number of hydrogen-bond acceptors (Lipinski definition) is 8. The molecule has 2 bridgehead atoms. The molecule has 8 nitrogen and oxygen atoms in total. The van der Waals surface area contributed by atoms with E-state index >= 15 is 4.39 Å². The van der Waals surface area contributed by atoms with Crippen LogP contribution in [0, 0.1) is 34.8 Å². The van der Waals surface area contributed by atoms with Gasteiger partial charge in [0.15, 0.2) is 5.82 Å². The van der Waals surface area contributed by atoms with Crippen LogP contribution in [0.3, 0.4) is 0 Å². The second kappa shape index (κ2) is 11.5. The predicted molar refractivity (Wildman–Crippen MR) is 189 cm³/mol. The molecular weight excluding hydrogens is 636 g/mol. The van der Waals surface area contributed by atoms with E-state index in [-0.39, 0.29) is 33.8 Å². The summed E-state index contributed by atoms with van der Waals surface area (Å²) in [5.41, 5.74) is 0.391. The van der Waals surface area contributed by atoms with Crippen LogP contribution >= 0.6 is 0 Å². The first kappa shape index (κ1) is 31.9. The van der Waals surface area contributed by atoms with E-state index in [0.717, 1.165) is 84.1 Å². The number of nitrogens with one attached hydrogen (secondary N) is 1. The summed E-state index contributed by atoms with van der Waals surface area (Å²) in [6.45, 7) is 6.91. The highest BCUT2D eigenvalue weighted by molar-refractivity contribution is 6.04. The van der Waals surface area contributed by atoms with Crippen molar-refractivity contribution in [2.24, 2.45) is 10.8 Å². The number of aromatic hydroxyl groups is 1. The molecule has 0 radical (unpaired) electrons. The number of terminal acetylenes is 1. The quantitative estimate of drug-likeness (QED) is 0.201. The highest BCUT2D eigenvalue weighted by Crippen LogP contribution is 2.55. The van der Waals surface area contributed by atoms with Crippen molar-refractivity contribution in [3.05, 3.63) is 53.6 Å². The number of nitrogens with zero attached hydrogens (tertiary/aromatic N) is 4. The number of benzene rings is 3. The molecule has 2 saturated carbocycles. The Labute approximate surface area is 290 Å². The molecule has 2 aliphatic carbocycles. The van der Waals surface area contributed by atoms with Crippen molar-refractivity contribution >= 4 is 27.5 Å². The molecule has 2 atom stereocenters. The summed E-state index contributed by atoms with van der Waals surface area (Å²) in [5.74, 6) is 1.80. The average molecular weight is 680 g/mol. The molecule has 260 valence electrons. The number of anilines is 1. The van der Waals surface area contributed by atoms with Gasteiger partial charge >= 0.3 is 6.01 Å². The van der Waals surface area contributed by atoms with Gasteiger partial charge < -0.3 is 30.1 Å². The molecule has 3 aromatic carbocycles. The van der Waals surface area contributed by atoms with Crippen LogP contribution in [0.5, 0.6) is 11.8 Å². The normalized spacial score (nSPS) is 24.7. The van der Waals surface area contributed by atoms with E-state index in [1.165, 1.54) is 24.3 Å². The lowest BCUT2D eigenvalue weighted by molar-refractivity contribution is -0.138. The van der Waals surface area contributed by atoms with Crippen molar-refractivity contribution in [2.45, 2.75) is 76.0 Å². The number of phenols is 1. The number of piperidine rings is 1. The van der Waals surface area contributed by atoms with Crippen molar-refractivity contribution in [3.8, 4) is 35.2 Å². The van der Waals surface area contributed by atoms with Crippen LogP contribution in [0.1, 0.15) is 63.9 Å². The Morgan fingerprint density at radius 2 is 1.74 bits per heavy atom. The SMILES string of the molecule is C#Cc1c(F)ccc2cc(O)cc(-c3ccc4c(N5CC6CCC(C5)N6)nc(OCC5(CN6CCC7(CC6)CC(C)(O)C7)CC5)nc4c3F)c12. The molecule has 4 aromatic rings. The van der Waals surface area contributed by atoms with Crippen molar-refractivity contribution in [3.63, 3.8) is 0 Å². The zero-order chi connectivity index (χ0) is 34.4. The highest BCUT2D eigenvalue weighted by Gasteiger charge is 2.53. The second-order valence-electron chi connectivity index (χ2n) is 16.3. The van der Waals surface area contributed by atoms with E-state index in [1.54, 1.807) is 6.07 Å². The molecular formula is C40H43F2N5O3. The summed E-state index contributed by atoms with van der Waals surface area (Å²) in [5, 5.41) is 26.1. The van der Waals surface area contributed by atoms with Crippen LogP contribution < -0.4 is 15.0 Å². The van der Waals surface area contributed by atoms with E-state index in [1.807, 2.05) is 13.0 Å². The molecule has 3 aliphatic heterocycles. The molecule has 0 amide bonds. The summed E-state index contributed by atoms with van der Waals surface area (Å²) >= 11 is 0. The average Bonchev–Trinajstić information content (AvgIpc) is 3.77. The zero-order valence-corrected chi connectivity index (χ0v) is 28.4. The number of rotatable bonds is 7. The Hall–Kier alpha value is -4.04. The third-order valence-electron chi connectivity index (χ3n) is 12.2. The number of halogens is 2. The minimum Gasteiger partial charge on any atom is -0.508 e. The lowest BCUT2D eigenvalue weighted by atomic mass is 9.56. The van der Waals surface area contributed by atoms with E-state index in [9.17, 15) is 14.6 Å². The largest absolute Gasteiger partial charge is 0.508 e. The van der Waals surface area contributed by atoms with Gasteiger partial charge in [-0.1, -0.05) is 18.1 Å². The number of hydrogen-bond donors (Lipinski definition) is 3. The van der Waals surface area contributed by atoms with E-state index in [4.69, 9.17) is 21.1 Å². The maximum Gasteiger partial charge on any atom is 0.319 e. The lowest BCUT2D eigenvalue weighted by Gasteiger charge is -2.55. The molecule has 1 spiro atoms.